The minimum absolute atomic E-state index is 0.0441. The van der Waals surface area contributed by atoms with Gasteiger partial charge in [0.15, 0.2) is 0 Å². The van der Waals surface area contributed by atoms with E-state index in [9.17, 15) is 9.59 Å². The smallest absolute Gasteiger partial charge is 0.305 e. The van der Waals surface area contributed by atoms with Gasteiger partial charge in [0.2, 0.25) is 5.91 Å². The number of aliphatic carboxylic acids is 1. The second kappa shape index (κ2) is 5.34. The first-order chi connectivity index (χ1) is 10.0. The summed E-state index contributed by atoms with van der Waals surface area (Å²) < 4.78 is 0. The number of rotatable bonds is 4. The topological polar surface area (TPSA) is 57.6 Å². The summed E-state index contributed by atoms with van der Waals surface area (Å²) in [6.07, 6.45) is 3.39. The fraction of sp³-hybridized carbons (Fsp3) is 0.500. The number of hydrogen-bond acceptors (Lipinski definition) is 2. The van der Waals surface area contributed by atoms with E-state index in [1.165, 1.54) is 0 Å². The summed E-state index contributed by atoms with van der Waals surface area (Å²) in [4.78, 5) is 25.6. The van der Waals surface area contributed by atoms with Crippen molar-refractivity contribution >= 4 is 23.5 Å². The Morgan fingerprint density at radius 3 is 2.52 bits per heavy atom. The van der Waals surface area contributed by atoms with Gasteiger partial charge in [-0.1, -0.05) is 23.7 Å². The lowest BCUT2D eigenvalue weighted by Gasteiger charge is -2.28. The van der Waals surface area contributed by atoms with Gasteiger partial charge in [0.1, 0.15) is 0 Å². The second-order valence-electron chi connectivity index (χ2n) is 5.98. The summed E-state index contributed by atoms with van der Waals surface area (Å²) in [5, 5.41) is 9.65. The van der Waals surface area contributed by atoms with Gasteiger partial charge in [0, 0.05) is 17.6 Å². The van der Waals surface area contributed by atoms with Crippen molar-refractivity contribution in [1.29, 1.82) is 0 Å². The zero-order valence-electron chi connectivity index (χ0n) is 11.7. The van der Waals surface area contributed by atoms with Crippen LogP contribution in [0.4, 0.5) is 0 Å². The zero-order valence-corrected chi connectivity index (χ0v) is 12.5. The van der Waals surface area contributed by atoms with Crippen molar-refractivity contribution in [2.24, 2.45) is 0 Å². The minimum atomic E-state index is -0.837. The summed E-state index contributed by atoms with van der Waals surface area (Å²) in [5.41, 5.74) is 0.559. The summed E-state index contributed by atoms with van der Waals surface area (Å²) in [5.74, 6) is -0.746. The molecule has 0 bridgehead atoms. The molecule has 1 aliphatic heterocycles. The Hall–Kier alpha value is -1.55. The quantitative estimate of drug-likeness (QED) is 0.930. The number of benzene rings is 1. The third-order valence-electron chi connectivity index (χ3n) is 4.60. The van der Waals surface area contributed by atoms with Gasteiger partial charge in [-0.25, -0.2) is 0 Å². The van der Waals surface area contributed by atoms with E-state index in [1.54, 1.807) is 4.90 Å². The fourth-order valence-corrected chi connectivity index (χ4v) is 3.44. The van der Waals surface area contributed by atoms with E-state index in [2.05, 4.69) is 0 Å². The van der Waals surface area contributed by atoms with Crippen LogP contribution in [0.1, 0.15) is 37.7 Å². The average molecular weight is 308 g/mol. The van der Waals surface area contributed by atoms with Gasteiger partial charge >= 0.3 is 5.97 Å². The van der Waals surface area contributed by atoms with Crippen molar-refractivity contribution in [2.45, 2.75) is 43.6 Å². The van der Waals surface area contributed by atoms with Crippen LogP contribution in [0.3, 0.4) is 0 Å². The number of likely N-dealkylation sites (tertiary alicyclic amines) is 1. The van der Waals surface area contributed by atoms with E-state index in [4.69, 9.17) is 16.7 Å². The number of hydrogen-bond donors (Lipinski definition) is 1. The van der Waals surface area contributed by atoms with E-state index < -0.39 is 11.4 Å². The summed E-state index contributed by atoms with van der Waals surface area (Å²) in [6, 6.07) is 7.29. The Morgan fingerprint density at radius 1 is 1.29 bits per heavy atom. The number of carboxylic acids is 1. The second-order valence-corrected chi connectivity index (χ2v) is 6.42. The molecule has 1 aliphatic carbocycles. The van der Waals surface area contributed by atoms with Gasteiger partial charge in [-0.15, -0.1) is 0 Å². The van der Waals surface area contributed by atoms with Crippen molar-refractivity contribution in [3.8, 4) is 0 Å². The highest BCUT2D eigenvalue weighted by molar-refractivity contribution is 6.30. The number of carbonyl (C=O) groups is 2. The Balaban J connectivity index is 1.81. The van der Waals surface area contributed by atoms with Crippen molar-refractivity contribution in [3.05, 3.63) is 34.9 Å². The number of carboxylic acid groups (broad SMARTS) is 1. The largest absolute Gasteiger partial charge is 0.481 e. The highest BCUT2D eigenvalue weighted by Gasteiger charge is 2.54. The molecule has 21 heavy (non-hydrogen) atoms. The molecule has 5 heteroatoms. The van der Waals surface area contributed by atoms with Crippen LogP contribution in [0, 0.1) is 0 Å². The molecule has 3 rings (SSSR count). The first-order valence-electron chi connectivity index (χ1n) is 7.32. The maximum Gasteiger partial charge on any atom is 0.305 e. The standard InChI is InChI=1S/C16H18ClNO3/c17-12-5-3-11(4-6-12)16(7-8-16)15(21)18-9-1-2-13(18)10-14(19)20/h3-6,13H,1-2,7-10H2,(H,19,20). The Labute approximate surface area is 128 Å². The van der Waals surface area contributed by atoms with Crippen LogP contribution < -0.4 is 0 Å². The summed E-state index contributed by atoms with van der Waals surface area (Å²) in [6.45, 7) is 0.673. The molecule has 1 unspecified atom stereocenters. The molecule has 1 N–H and O–H groups in total. The van der Waals surface area contributed by atoms with E-state index in [1.807, 2.05) is 24.3 Å². The van der Waals surface area contributed by atoms with E-state index in [0.717, 1.165) is 31.2 Å². The third kappa shape index (κ3) is 2.64. The lowest BCUT2D eigenvalue weighted by atomic mass is 9.94. The number of halogens is 1. The van der Waals surface area contributed by atoms with Crippen LogP contribution in [0.25, 0.3) is 0 Å². The predicted molar refractivity (Wildman–Crippen MR) is 79.4 cm³/mol. The normalized spacial score (nSPS) is 23.1. The molecule has 1 saturated carbocycles. The molecule has 2 aliphatic rings. The van der Waals surface area contributed by atoms with Gasteiger partial charge < -0.3 is 10.0 Å². The van der Waals surface area contributed by atoms with Crippen molar-refractivity contribution < 1.29 is 14.7 Å². The van der Waals surface area contributed by atoms with E-state index >= 15 is 0 Å². The fourth-order valence-electron chi connectivity index (χ4n) is 3.31. The highest BCUT2D eigenvalue weighted by atomic mass is 35.5. The molecule has 1 saturated heterocycles. The Bertz CT molecular complexity index is 565. The first kappa shape index (κ1) is 14.4. The van der Waals surface area contributed by atoms with Crippen LogP contribution in [-0.4, -0.2) is 34.5 Å². The van der Waals surface area contributed by atoms with Gasteiger partial charge in [-0.3, -0.25) is 9.59 Å². The molecule has 0 spiro atoms. The van der Waals surface area contributed by atoms with E-state index in [-0.39, 0.29) is 18.4 Å². The number of carbonyl (C=O) groups excluding carboxylic acids is 1. The minimum Gasteiger partial charge on any atom is -0.481 e. The van der Waals surface area contributed by atoms with E-state index in [0.29, 0.717) is 11.6 Å². The van der Waals surface area contributed by atoms with Crippen LogP contribution in [0.5, 0.6) is 0 Å². The number of amides is 1. The van der Waals surface area contributed by atoms with Crippen molar-refractivity contribution in [1.82, 2.24) is 4.90 Å². The van der Waals surface area contributed by atoms with Gasteiger partial charge in [0.25, 0.3) is 0 Å². The Morgan fingerprint density at radius 2 is 1.95 bits per heavy atom. The molecule has 1 aromatic rings. The molecule has 1 heterocycles. The highest BCUT2D eigenvalue weighted by Crippen LogP contribution is 2.50. The summed E-state index contributed by atoms with van der Waals surface area (Å²) in [7, 11) is 0. The molecule has 1 amide bonds. The van der Waals surface area contributed by atoms with Crippen LogP contribution in [0.15, 0.2) is 24.3 Å². The lowest BCUT2D eigenvalue weighted by Crippen LogP contribution is -2.43. The average Bonchev–Trinajstić information content (AvgIpc) is 3.13. The molecule has 0 radical (unpaired) electrons. The molecule has 1 aromatic carbocycles. The molecule has 4 nitrogen and oxygen atoms in total. The SMILES string of the molecule is O=C(O)CC1CCCN1C(=O)C1(c2ccc(Cl)cc2)CC1. The van der Waals surface area contributed by atoms with Crippen LogP contribution >= 0.6 is 11.6 Å². The maximum atomic E-state index is 12.9. The predicted octanol–water partition coefficient (Wildman–Crippen LogP) is 2.84. The van der Waals surface area contributed by atoms with Crippen molar-refractivity contribution in [3.63, 3.8) is 0 Å². The molecule has 112 valence electrons. The van der Waals surface area contributed by atoms with Gasteiger partial charge in [-0.2, -0.15) is 0 Å². The monoisotopic (exact) mass is 307 g/mol. The van der Waals surface area contributed by atoms with Crippen LogP contribution in [-0.2, 0) is 15.0 Å². The molecular weight excluding hydrogens is 290 g/mol. The molecule has 0 aromatic heterocycles. The third-order valence-corrected chi connectivity index (χ3v) is 4.86. The lowest BCUT2D eigenvalue weighted by molar-refractivity contribution is -0.140. The molecule has 2 fully saturated rings. The van der Waals surface area contributed by atoms with Gasteiger partial charge in [-0.05, 0) is 43.4 Å². The van der Waals surface area contributed by atoms with Gasteiger partial charge in [0.05, 0.1) is 11.8 Å². The first-order valence-corrected chi connectivity index (χ1v) is 7.70. The Kier molecular flexibility index (Phi) is 3.66. The van der Waals surface area contributed by atoms with Crippen molar-refractivity contribution in [2.75, 3.05) is 6.54 Å². The zero-order chi connectivity index (χ0) is 15.0. The molecular formula is C16H18ClNO3. The van der Waals surface area contributed by atoms with Crippen LogP contribution in [0.2, 0.25) is 5.02 Å². The molecule has 1 atom stereocenters. The maximum absolute atomic E-state index is 12.9. The summed E-state index contributed by atoms with van der Waals surface area (Å²) >= 11 is 5.91. The number of nitrogens with zero attached hydrogens (tertiary/aromatic N) is 1.